The van der Waals surface area contributed by atoms with Gasteiger partial charge in [-0.25, -0.2) is 5.43 Å². The Kier molecular flexibility index (Phi) is 5.28. The van der Waals surface area contributed by atoms with Gasteiger partial charge in [0.1, 0.15) is 0 Å². The molecular formula is C8H17N3O. The molecule has 4 nitrogen and oxygen atoms in total. The number of hydrogen-bond acceptors (Lipinski definition) is 3. The Morgan fingerprint density at radius 1 is 1.50 bits per heavy atom. The van der Waals surface area contributed by atoms with Crippen LogP contribution in [0.4, 0.5) is 0 Å². The predicted octanol–water partition coefficient (Wildman–Crippen LogP) is 0.496. The van der Waals surface area contributed by atoms with E-state index in [0.717, 1.165) is 12.1 Å². The summed E-state index contributed by atoms with van der Waals surface area (Å²) in [6.07, 6.45) is 0.764. The van der Waals surface area contributed by atoms with Crippen LogP contribution in [-0.4, -0.2) is 24.7 Å². The molecule has 0 rings (SSSR count). The van der Waals surface area contributed by atoms with Gasteiger partial charge in [-0.15, -0.1) is 0 Å². The molecule has 0 aliphatic rings. The molecule has 1 amide bonds. The molecule has 0 fully saturated rings. The van der Waals surface area contributed by atoms with E-state index in [4.69, 9.17) is 0 Å². The number of nitrogens with zero attached hydrogens (tertiary/aromatic N) is 1. The van der Waals surface area contributed by atoms with E-state index in [9.17, 15) is 4.79 Å². The molecule has 0 saturated carbocycles. The average molecular weight is 171 g/mol. The average Bonchev–Trinajstić information content (AvgIpc) is 2.03. The van der Waals surface area contributed by atoms with Crippen LogP contribution in [0.2, 0.25) is 0 Å². The van der Waals surface area contributed by atoms with E-state index >= 15 is 0 Å². The predicted molar refractivity (Wildman–Crippen MR) is 50.1 cm³/mol. The second-order valence-corrected chi connectivity index (χ2v) is 2.78. The van der Waals surface area contributed by atoms with Crippen molar-refractivity contribution in [2.45, 2.75) is 33.2 Å². The lowest BCUT2D eigenvalue weighted by Gasteiger charge is -2.10. The van der Waals surface area contributed by atoms with E-state index in [1.165, 1.54) is 0 Å². The number of carbonyl (C=O) groups is 1. The number of nitrogens with one attached hydrogen (secondary N) is 2. The molecule has 4 heteroatoms. The van der Waals surface area contributed by atoms with Gasteiger partial charge in [-0.1, -0.05) is 6.92 Å². The zero-order valence-electron chi connectivity index (χ0n) is 8.14. The molecule has 0 aromatic rings. The Labute approximate surface area is 73.4 Å². The van der Waals surface area contributed by atoms with Gasteiger partial charge in [0, 0.05) is 5.71 Å². The van der Waals surface area contributed by atoms with Crippen LogP contribution in [-0.2, 0) is 4.79 Å². The first-order valence-corrected chi connectivity index (χ1v) is 4.09. The van der Waals surface area contributed by atoms with Crippen LogP contribution in [0.1, 0.15) is 27.2 Å². The van der Waals surface area contributed by atoms with Crippen LogP contribution in [0.5, 0.6) is 0 Å². The quantitative estimate of drug-likeness (QED) is 0.478. The third-order valence-electron chi connectivity index (χ3n) is 1.46. The molecular weight excluding hydrogens is 154 g/mol. The summed E-state index contributed by atoms with van der Waals surface area (Å²) < 4.78 is 0. The number of amides is 1. The Morgan fingerprint density at radius 3 is 2.42 bits per heavy atom. The largest absolute Gasteiger partial charge is 0.309 e. The van der Waals surface area contributed by atoms with E-state index in [1.54, 1.807) is 7.05 Å². The van der Waals surface area contributed by atoms with E-state index in [1.807, 2.05) is 20.8 Å². The molecule has 0 aromatic carbocycles. The van der Waals surface area contributed by atoms with Gasteiger partial charge >= 0.3 is 0 Å². The van der Waals surface area contributed by atoms with Crippen molar-refractivity contribution in [2.75, 3.05) is 7.05 Å². The van der Waals surface area contributed by atoms with Crippen molar-refractivity contribution in [3.63, 3.8) is 0 Å². The zero-order valence-corrected chi connectivity index (χ0v) is 8.14. The molecule has 0 radical (unpaired) electrons. The first-order chi connectivity index (χ1) is 5.61. The normalized spacial score (nSPS) is 12.0. The maximum atomic E-state index is 11.2. The zero-order chi connectivity index (χ0) is 9.56. The van der Waals surface area contributed by atoms with Crippen LogP contribution < -0.4 is 10.7 Å². The number of likely N-dealkylation sites (N-methyl/N-ethyl adjacent to an activating group) is 1. The topological polar surface area (TPSA) is 53.5 Å². The summed E-state index contributed by atoms with van der Waals surface area (Å²) in [6.45, 7) is 5.62. The first kappa shape index (κ1) is 11.1. The number of rotatable bonds is 4. The summed E-state index contributed by atoms with van der Waals surface area (Å²) in [6, 6.07) is -0.145. The van der Waals surface area contributed by atoms with Crippen LogP contribution in [0, 0.1) is 0 Å². The summed E-state index contributed by atoms with van der Waals surface area (Å²) in [5.41, 5.74) is 3.31. The van der Waals surface area contributed by atoms with Crippen LogP contribution in [0.15, 0.2) is 5.10 Å². The van der Waals surface area contributed by atoms with Crippen molar-refractivity contribution < 1.29 is 4.79 Å². The van der Waals surface area contributed by atoms with Gasteiger partial charge in [0.25, 0.3) is 5.91 Å². The lowest BCUT2D eigenvalue weighted by molar-refractivity contribution is -0.123. The third-order valence-corrected chi connectivity index (χ3v) is 1.46. The van der Waals surface area contributed by atoms with Crippen LogP contribution in [0.3, 0.4) is 0 Å². The van der Waals surface area contributed by atoms with E-state index in [0.29, 0.717) is 0 Å². The highest BCUT2D eigenvalue weighted by Gasteiger charge is 2.12. The Morgan fingerprint density at radius 2 is 2.08 bits per heavy atom. The smallest absolute Gasteiger partial charge is 0.257 e. The van der Waals surface area contributed by atoms with Gasteiger partial charge in [0.15, 0.2) is 0 Å². The first-order valence-electron chi connectivity index (χ1n) is 4.09. The molecule has 0 aliphatic heterocycles. The fourth-order valence-corrected chi connectivity index (χ4v) is 0.765. The van der Waals surface area contributed by atoms with E-state index in [-0.39, 0.29) is 11.9 Å². The summed E-state index contributed by atoms with van der Waals surface area (Å²) in [5, 5.41) is 6.71. The molecule has 0 saturated heterocycles. The summed E-state index contributed by atoms with van der Waals surface area (Å²) in [7, 11) is 1.76. The fraction of sp³-hybridized carbons (Fsp3) is 0.750. The highest BCUT2D eigenvalue weighted by Crippen LogP contribution is 1.88. The number of carbonyl (C=O) groups excluding carboxylic acids is 1. The summed E-state index contributed by atoms with van der Waals surface area (Å²) >= 11 is 0. The minimum atomic E-state index is -0.145. The molecule has 70 valence electrons. The highest BCUT2D eigenvalue weighted by atomic mass is 16.2. The van der Waals surface area contributed by atoms with Gasteiger partial charge in [0.2, 0.25) is 0 Å². The van der Waals surface area contributed by atoms with Crippen molar-refractivity contribution >= 4 is 11.6 Å². The minimum Gasteiger partial charge on any atom is -0.309 e. The van der Waals surface area contributed by atoms with Gasteiger partial charge in [-0.2, -0.15) is 5.10 Å². The lowest BCUT2D eigenvalue weighted by Crippen LogP contribution is -2.40. The molecule has 0 aliphatic carbocycles. The Balaban J connectivity index is 3.93. The van der Waals surface area contributed by atoms with E-state index < -0.39 is 0 Å². The number of hydrazone groups is 1. The van der Waals surface area contributed by atoms with E-state index in [2.05, 4.69) is 15.8 Å². The maximum Gasteiger partial charge on any atom is 0.257 e. The molecule has 1 atom stereocenters. The van der Waals surface area contributed by atoms with Gasteiger partial charge in [0.05, 0.1) is 6.04 Å². The Hall–Kier alpha value is -0.900. The standard InChI is InChI=1S/C8H17N3O/c1-5-7(9-4)8(12)11-10-6(2)3/h7,9H,5H2,1-4H3,(H,11,12). The summed E-state index contributed by atoms with van der Waals surface area (Å²) in [4.78, 5) is 11.2. The second-order valence-electron chi connectivity index (χ2n) is 2.78. The molecule has 2 N–H and O–H groups in total. The molecule has 0 spiro atoms. The van der Waals surface area contributed by atoms with Gasteiger partial charge in [-0.05, 0) is 27.3 Å². The van der Waals surface area contributed by atoms with Gasteiger partial charge < -0.3 is 5.32 Å². The van der Waals surface area contributed by atoms with Crippen LogP contribution in [0.25, 0.3) is 0 Å². The molecule has 0 aromatic heterocycles. The molecule has 1 unspecified atom stereocenters. The lowest BCUT2D eigenvalue weighted by atomic mass is 10.2. The highest BCUT2D eigenvalue weighted by molar-refractivity contribution is 5.85. The fourth-order valence-electron chi connectivity index (χ4n) is 0.765. The maximum absolute atomic E-state index is 11.2. The van der Waals surface area contributed by atoms with Crippen LogP contribution >= 0.6 is 0 Å². The van der Waals surface area contributed by atoms with Crippen molar-refractivity contribution in [2.24, 2.45) is 5.10 Å². The van der Waals surface area contributed by atoms with Crippen molar-refractivity contribution in [1.82, 2.24) is 10.7 Å². The molecule has 0 heterocycles. The van der Waals surface area contributed by atoms with Crippen molar-refractivity contribution in [1.29, 1.82) is 0 Å². The van der Waals surface area contributed by atoms with Gasteiger partial charge in [-0.3, -0.25) is 4.79 Å². The summed E-state index contributed by atoms with van der Waals surface area (Å²) in [5.74, 6) is -0.0822. The Bertz CT molecular complexity index is 169. The number of hydrogen-bond donors (Lipinski definition) is 2. The second kappa shape index (κ2) is 5.71. The molecule has 12 heavy (non-hydrogen) atoms. The molecule has 0 bridgehead atoms. The monoisotopic (exact) mass is 171 g/mol. The third kappa shape index (κ3) is 4.08. The minimum absolute atomic E-state index is 0.0822. The van der Waals surface area contributed by atoms with Crippen molar-refractivity contribution in [3.8, 4) is 0 Å². The SMILES string of the molecule is CCC(NC)C(=O)NN=C(C)C. The van der Waals surface area contributed by atoms with Crippen molar-refractivity contribution in [3.05, 3.63) is 0 Å².